The second-order valence-electron chi connectivity index (χ2n) is 6.10. The molecule has 0 aliphatic heterocycles. The van der Waals surface area contributed by atoms with Crippen LogP contribution in [0, 0.1) is 0 Å². The summed E-state index contributed by atoms with van der Waals surface area (Å²) >= 11 is 0. The zero-order valence-corrected chi connectivity index (χ0v) is 14.5. The van der Waals surface area contributed by atoms with E-state index in [-0.39, 0.29) is 12.2 Å². The van der Waals surface area contributed by atoms with Crippen LogP contribution in [0.25, 0.3) is 0 Å². The lowest BCUT2D eigenvalue weighted by Gasteiger charge is -2.02. The molecule has 0 heterocycles. The monoisotopic (exact) mass is 288 g/mol. The molecule has 0 bridgehead atoms. The Kier molecular flexibility index (Phi) is 21.0. The summed E-state index contributed by atoms with van der Waals surface area (Å²) in [5.74, 6) is 0. The summed E-state index contributed by atoms with van der Waals surface area (Å²) in [6.07, 6.45) is 14.7. The molecule has 0 spiro atoms. The Morgan fingerprint density at radius 2 is 0.850 bits per heavy atom. The summed E-state index contributed by atoms with van der Waals surface area (Å²) < 4.78 is 0. The molecule has 0 aromatic heterocycles. The van der Waals surface area contributed by atoms with Crippen LogP contribution in [0.1, 0.15) is 105 Å². The highest BCUT2D eigenvalue weighted by Crippen LogP contribution is 2.08. The van der Waals surface area contributed by atoms with Gasteiger partial charge in [0, 0.05) is 0 Å². The lowest BCUT2D eigenvalue weighted by Crippen LogP contribution is -1.98. The lowest BCUT2D eigenvalue weighted by atomic mass is 10.1. The van der Waals surface area contributed by atoms with Crippen LogP contribution < -0.4 is 0 Å². The van der Waals surface area contributed by atoms with E-state index in [9.17, 15) is 0 Å². The average molecular weight is 289 g/mol. The van der Waals surface area contributed by atoms with Gasteiger partial charge in [0.15, 0.2) is 0 Å². The van der Waals surface area contributed by atoms with Crippen LogP contribution >= 0.6 is 0 Å². The van der Waals surface area contributed by atoms with E-state index in [4.69, 9.17) is 10.2 Å². The molecule has 0 fully saturated rings. The first kappa shape index (κ1) is 22.2. The molecular formula is C18H40O2. The molecule has 0 aliphatic rings. The van der Waals surface area contributed by atoms with Gasteiger partial charge in [0.05, 0.1) is 12.2 Å². The molecule has 0 aromatic rings. The first-order chi connectivity index (χ1) is 9.54. The SMILES string of the molecule is CCCCCCC(C)O.CCCCCCCCC(C)O. The van der Waals surface area contributed by atoms with Gasteiger partial charge in [-0.1, -0.05) is 78.1 Å². The molecule has 0 rings (SSSR count). The predicted molar refractivity (Wildman–Crippen MR) is 90.1 cm³/mol. The Morgan fingerprint density at radius 1 is 0.550 bits per heavy atom. The molecule has 0 saturated heterocycles. The summed E-state index contributed by atoms with van der Waals surface area (Å²) in [4.78, 5) is 0. The van der Waals surface area contributed by atoms with E-state index < -0.39 is 0 Å². The largest absolute Gasteiger partial charge is 0.393 e. The van der Waals surface area contributed by atoms with Crippen LogP contribution in [0.2, 0.25) is 0 Å². The van der Waals surface area contributed by atoms with E-state index in [0.29, 0.717) is 0 Å². The van der Waals surface area contributed by atoms with Gasteiger partial charge in [-0.05, 0) is 26.7 Å². The van der Waals surface area contributed by atoms with Gasteiger partial charge in [-0.15, -0.1) is 0 Å². The standard InChI is InChI=1S/C10H22O.C8H18O/c1-3-4-5-6-7-8-9-10(2)11;1-3-4-5-6-7-8(2)9/h10-11H,3-9H2,1-2H3;8-9H,3-7H2,1-2H3. The van der Waals surface area contributed by atoms with Gasteiger partial charge in [-0.25, -0.2) is 0 Å². The highest BCUT2D eigenvalue weighted by Gasteiger charge is 1.94. The third kappa shape index (κ3) is 26.5. The van der Waals surface area contributed by atoms with E-state index in [0.717, 1.165) is 12.8 Å². The van der Waals surface area contributed by atoms with Crippen molar-refractivity contribution in [2.75, 3.05) is 0 Å². The van der Waals surface area contributed by atoms with Crippen LogP contribution in [-0.4, -0.2) is 22.4 Å². The first-order valence-electron chi connectivity index (χ1n) is 8.90. The minimum absolute atomic E-state index is 0.0955. The Hall–Kier alpha value is -0.0800. The maximum Gasteiger partial charge on any atom is 0.0512 e. The Balaban J connectivity index is 0. The van der Waals surface area contributed by atoms with Crippen molar-refractivity contribution >= 4 is 0 Å². The molecule has 0 radical (unpaired) electrons. The van der Waals surface area contributed by atoms with Gasteiger partial charge in [-0.2, -0.15) is 0 Å². The second-order valence-corrected chi connectivity index (χ2v) is 6.10. The van der Waals surface area contributed by atoms with Crippen molar-refractivity contribution in [2.45, 2.75) is 117 Å². The van der Waals surface area contributed by atoms with E-state index >= 15 is 0 Å². The molecule has 0 saturated carbocycles. The second kappa shape index (κ2) is 18.9. The van der Waals surface area contributed by atoms with E-state index in [1.807, 2.05) is 13.8 Å². The van der Waals surface area contributed by atoms with Crippen molar-refractivity contribution in [2.24, 2.45) is 0 Å². The third-order valence-corrected chi connectivity index (χ3v) is 3.45. The predicted octanol–water partition coefficient (Wildman–Crippen LogP) is 5.46. The molecule has 2 heteroatoms. The zero-order valence-electron chi connectivity index (χ0n) is 14.5. The maximum absolute atomic E-state index is 8.96. The smallest absolute Gasteiger partial charge is 0.0512 e. The molecule has 124 valence electrons. The topological polar surface area (TPSA) is 40.5 Å². The van der Waals surface area contributed by atoms with Crippen molar-refractivity contribution in [3.05, 3.63) is 0 Å². The minimum Gasteiger partial charge on any atom is -0.393 e. The lowest BCUT2D eigenvalue weighted by molar-refractivity contribution is 0.180. The molecule has 2 atom stereocenters. The molecule has 2 nitrogen and oxygen atoms in total. The molecule has 0 aliphatic carbocycles. The van der Waals surface area contributed by atoms with Gasteiger partial charge in [-0.3, -0.25) is 0 Å². The molecular weight excluding hydrogens is 248 g/mol. The maximum atomic E-state index is 8.96. The van der Waals surface area contributed by atoms with Crippen molar-refractivity contribution < 1.29 is 10.2 Å². The highest BCUT2D eigenvalue weighted by molar-refractivity contribution is 4.49. The number of hydrogen-bond donors (Lipinski definition) is 2. The normalized spacial score (nSPS) is 13.5. The van der Waals surface area contributed by atoms with Gasteiger partial charge in [0.25, 0.3) is 0 Å². The molecule has 2 unspecified atom stereocenters. The van der Waals surface area contributed by atoms with Gasteiger partial charge in [0.2, 0.25) is 0 Å². The van der Waals surface area contributed by atoms with Crippen LogP contribution in [0.3, 0.4) is 0 Å². The minimum atomic E-state index is -0.0961. The number of rotatable bonds is 12. The molecule has 0 amide bonds. The summed E-state index contributed by atoms with van der Waals surface area (Å²) in [7, 11) is 0. The fourth-order valence-electron chi connectivity index (χ4n) is 2.09. The number of aliphatic hydroxyl groups is 2. The van der Waals surface area contributed by atoms with Crippen molar-refractivity contribution in [3.8, 4) is 0 Å². The average Bonchev–Trinajstić information content (AvgIpc) is 2.39. The van der Waals surface area contributed by atoms with Crippen LogP contribution in [0.4, 0.5) is 0 Å². The number of aliphatic hydroxyl groups excluding tert-OH is 2. The van der Waals surface area contributed by atoms with Crippen molar-refractivity contribution in [3.63, 3.8) is 0 Å². The Morgan fingerprint density at radius 3 is 1.20 bits per heavy atom. The molecule has 0 aromatic carbocycles. The summed E-state index contributed by atoms with van der Waals surface area (Å²) in [5.41, 5.74) is 0. The van der Waals surface area contributed by atoms with Crippen LogP contribution in [-0.2, 0) is 0 Å². The molecule has 2 N–H and O–H groups in total. The first-order valence-corrected chi connectivity index (χ1v) is 8.90. The fourth-order valence-corrected chi connectivity index (χ4v) is 2.09. The zero-order chi connectivity index (χ0) is 15.6. The van der Waals surface area contributed by atoms with E-state index in [1.165, 1.54) is 64.2 Å². The van der Waals surface area contributed by atoms with Crippen molar-refractivity contribution in [1.29, 1.82) is 0 Å². The quantitative estimate of drug-likeness (QED) is 0.468. The van der Waals surface area contributed by atoms with Crippen molar-refractivity contribution in [1.82, 2.24) is 0 Å². The fraction of sp³-hybridized carbons (Fsp3) is 1.00. The number of hydrogen-bond acceptors (Lipinski definition) is 2. The van der Waals surface area contributed by atoms with Crippen LogP contribution in [0.5, 0.6) is 0 Å². The van der Waals surface area contributed by atoms with E-state index in [2.05, 4.69) is 13.8 Å². The molecule has 20 heavy (non-hydrogen) atoms. The summed E-state index contributed by atoms with van der Waals surface area (Å²) in [5, 5.41) is 17.8. The van der Waals surface area contributed by atoms with E-state index in [1.54, 1.807) is 0 Å². The Bertz CT molecular complexity index is 155. The Labute approximate surface area is 128 Å². The number of unbranched alkanes of at least 4 members (excludes halogenated alkanes) is 8. The summed E-state index contributed by atoms with van der Waals surface area (Å²) in [6, 6.07) is 0. The third-order valence-electron chi connectivity index (χ3n) is 3.45. The summed E-state index contributed by atoms with van der Waals surface area (Å²) in [6.45, 7) is 8.15. The van der Waals surface area contributed by atoms with Gasteiger partial charge in [0.1, 0.15) is 0 Å². The van der Waals surface area contributed by atoms with Crippen LogP contribution in [0.15, 0.2) is 0 Å². The van der Waals surface area contributed by atoms with Gasteiger partial charge < -0.3 is 10.2 Å². The van der Waals surface area contributed by atoms with Gasteiger partial charge >= 0.3 is 0 Å². The highest BCUT2D eigenvalue weighted by atomic mass is 16.3.